The molecule has 3 aromatic carbocycles. The zero-order valence-electron chi connectivity index (χ0n) is 16.7. The Balaban J connectivity index is 1.62. The molecule has 0 aliphatic rings. The lowest BCUT2D eigenvalue weighted by Gasteiger charge is -2.19. The van der Waals surface area contributed by atoms with Gasteiger partial charge in [-0.15, -0.1) is 13.2 Å². The first kappa shape index (κ1) is 22.7. The normalized spacial score (nSPS) is 11.8. The second kappa shape index (κ2) is 10.3. The molecule has 32 heavy (non-hydrogen) atoms. The molecule has 1 atom stereocenters. The smallest absolute Gasteiger partial charge is 0.406 e. The van der Waals surface area contributed by atoms with Crippen molar-refractivity contribution in [3.63, 3.8) is 0 Å². The zero-order chi connectivity index (χ0) is 23.0. The van der Waals surface area contributed by atoms with Gasteiger partial charge in [-0.3, -0.25) is 4.79 Å². The highest BCUT2D eigenvalue weighted by molar-refractivity contribution is 5.97. The summed E-state index contributed by atoms with van der Waals surface area (Å²) in [5, 5.41) is 7.98. The van der Waals surface area contributed by atoms with Crippen LogP contribution in [0.25, 0.3) is 0 Å². The summed E-state index contributed by atoms with van der Waals surface area (Å²) in [7, 11) is 0. The van der Waals surface area contributed by atoms with Crippen LogP contribution in [0, 0.1) is 0 Å². The SMILES string of the molecule is O=C(NCc1ccc(OC(F)(F)F)cc1)N[C@H](C(=O)Nc1ccccc1)c1ccccc1. The third-order valence-electron chi connectivity index (χ3n) is 4.32. The van der Waals surface area contributed by atoms with Crippen LogP contribution in [0.2, 0.25) is 0 Å². The van der Waals surface area contributed by atoms with E-state index in [1.165, 1.54) is 12.1 Å². The number of ether oxygens (including phenoxy) is 1. The Morgan fingerprint density at radius 2 is 1.44 bits per heavy atom. The predicted molar refractivity (Wildman–Crippen MR) is 113 cm³/mol. The lowest BCUT2D eigenvalue weighted by atomic mass is 10.1. The fourth-order valence-electron chi connectivity index (χ4n) is 2.86. The van der Waals surface area contributed by atoms with E-state index in [4.69, 9.17) is 0 Å². The number of anilines is 1. The van der Waals surface area contributed by atoms with Gasteiger partial charge in [0, 0.05) is 12.2 Å². The molecule has 3 rings (SSSR count). The Bertz CT molecular complexity index is 1030. The first-order valence-electron chi connectivity index (χ1n) is 9.60. The molecule has 6 nitrogen and oxygen atoms in total. The standard InChI is InChI=1S/C23H20F3N3O3/c24-23(25,26)32-19-13-11-16(12-14-19)15-27-22(31)29-20(17-7-3-1-4-8-17)21(30)28-18-9-5-2-6-10-18/h1-14,20H,15H2,(H,28,30)(H2,27,29,31)/t20-/m0/s1. The Hall–Kier alpha value is -4.01. The van der Waals surface area contributed by atoms with E-state index < -0.39 is 24.3 Å². The molecular weight excluding hydrogens is 423 g/mol. The van der Waals surface area contributed by atoms with Crippen LogP contribution < -0.4 is 20.7 Å². The fourth-order valence-corrected chi connectivity index (χ4v) is 2.86. The van der Waals surface area contributed by atoms with E-state index in [-0.39, 0.29) is 12.3 Å². The molecule has 0 heterocycles. The Morgan fingerprint density at radius 1 is 0.844 bits per heavy atom. The van der Waals surface area contributed by atoms with Crippen molar-refractivity contribution in [2.75, 3.05) is 5.32 Å². The van der Waals surface area contributed by atoms with Gasteiger partial charge in [0.05, 0.1) is 0 Å². The quantitative estimate of drug-likeness (QED) is 0.493. The summed E-state index contributed by atoms with van der Waals surface area (Å²) >= 11 is 0. The van der Waals surface area contributed by atoms with Crippen molar-refractivity contribution in [1.29, 1.82) is 0 Å². The number of halogens is 3. The molecule has 3 aromatic rings. The summed E-state index contributed by atoms with van der Waals surface area (Å²) < 4.78 is 40.5. The number of hydrogen-bond acceptors (Lipinski definition) is 3. The summed E-state index contributed by atoms with van der Waals surface area (Å²) in [4.78, 5) is 25.3. The lowest BCUT2D eigenvalue weighted by Crippen LogP contribution is -2.42. The summed E-state index contributed by atoms with van der Waals surface area (Å²) in [5.74, 6) is -0.779. The number of hydrogen-bond donors (Lipinski definition) is 3. The summed E-state index contributed by atoms with van der Waals surface area (Å²) in [5.41, 5.74) is 1.73. The second-order valence-electron chi connectivity index (χ2n) is 6.72. The number of nitrogens with one attached hydrogen (secondary N) is 3. The number of carbonyl (C=O) groups excluding carboxylic acids is 2. The number of rotatable bonds is 7. The molecule has 0 saturated carbocycles. The predicted octanol–water partition coefficient (Wildman–Crippen LogP) is 4.76. The summed E-state index contributed by atoms with van der Waals surface area (Å²) in [6.45, 7) is 0.0416. The molecule has 0 aromatic heterocycles. The zero-order valence-corrected chi connectivity index (χ0v) is 16.7. The average Bonchev–Trinajstić information content (AvgIpc) is 2.77. The van der Waals surface area contributed by atoms with Crippen LogP contribution in [0.15, 0.2) is 84.9 Å². The van der Waals surface area contributed by atoms with Gasteiger partial charge in [0.15, 0.2) is 0 Å². The van der Waals surface area contributed by atoms with Gasteiger partial charge in [0.2, 0.25) is 0 Å². The molecule has 0 aliphatic heterocycles. The maximum absolute atomic E-state index is 12.8. The van der Waals surface area contributed by atoms with Gasteiger partial charge in [-0.05, 0) is 35.4 Å². The van der Waals surface area contributed by atoms with Crippen LogP contribution >= 0.6 is 0 Å². The van der Waals surface area contributed by atoms with E-state index in [0.717, 1.165) is 12.1 Å². The average molecular weight is 443 g/mol. The minimum Gasteiger partial charge on any atom is -0.406 e. The van der Waals surface area contributed by atoms with Gasteiger partial charge >= 0.3 is 12.4 Å². The molecule has 0 saturated heterocycles. The van der Waals surface area contributed by atoms with Gasteiger partial charge in [-0.25, -0.2) is 4.79 Å². The van der Waals surface area contributed by atoms with E-state index >= 15 is 0 Å². The maximum atomic E-state index is 12.8. The third kappa shape index (κ3) is 7.05. The number of benzene rings is 3. The van der Waals surface area contributed by atoms with Gasteiger partial charge in [-0.1, -0.05) is 60.7 Å². The summed E-state index contributed by atoms with van der Waals surface area (Å²) in [6, 6.07) is 21.1. The van der Waals surface area contributed by atoms with E-state index in [0.29, 0.717) is 16.8 Å². The monoisotopic (exact) mass is 443 g/mol. The van der Waals surface area contributed by atoms with Gasteiger partial charge in [0.25, 0.3) is 5.91 Å². The van der Waals surface area contributed by atoms with Crippen LogP contribution in [0.4, 0.5) is 23.7 Å². The van der Waals surface area contributed by atoms with Crippen LogP contribution in [0.3, 0.4) is 0 Å². The number of carbonyl (C=O) groups is 2. The number of para-hydroxylation sites is 1. The van der Waals surface area contributed by atoms with Gasteiger partial charge < -0.3 is 20.7 Å². The molecule has 0 bridgehead atoms. The highest BCUT2D eigenvalue weighted by Gasteiger charge is 2.31. The van der Waals surface area contributed by atoms with Crippen LogP contribution in [0.1, 0.15) is 17.2 Å². The van der Waals surface area contributed by atoms with E-state index in [1.54, 1.807) is 54.6 Å². The number of urea groups is 1. The molecule has 0 unspecified atom stereocenters. The molecule has 3 N–H and O–H groups in total. The Morgan fingerprint density at radius 3 is 2.03 bits per heavy atom. The molecule has 0 radical (unpaired) electrons. The number of amides is 3. The lowest BCUT2D eigenvalue weighted by molar-refractivity contribution is -0.274. The van der Waals surface area contributed by atoms with Crippen molar-refractivity contribution in [3.8, 4) is 5.75 Å². The first-order valence-corrected chi connectivity index (χ1v) is 9.60. The third-order valence-corrected chi connectivity index (χ3v) is 4.32. The van der Waals surface area contributed by atoms with Crippen molar-refractivity contribution >= 4 is 17.6 Å². The molecule has 166 valence electrons. The van der Waals surface area contributed by atoms with Crippen molar-refractivity contribution in [1.82, 2.24) is 10.6 Å². The van der Waals surface area contributed by atoms with Crippen molar-refractivity contribution in [2.45, 2.75) is 18.9 Å². The molecule has 3 amide bonds. The molecular formula is C23H20F3N3O3. The van der Waals surface area contributed by atoms with Crippen LogP contribution in [0.5, 0.6) is 5.75 Å². The van der Waals surface area contributed by atoms with E-state index in [2.05, 4.69) is 20.7 Å². The van der Waals surface area contributed by atoms with E-state index in [1.807, 2.05) is 6.07 Å². The van der Waals surface area contributed by atoms with Crippen molar-refractivity contribution in [2.24, 2.45) is 0 Å². The van der Waals surface area contributed by atoms with Crippen molar-refractivity contribution in [3.05, 3.63) is 96.1 Å². The Kier molecular flexibility index (Phi) is 7.33. The topological polar surface area (TPSA) is 79.5 Å². The molecule has 0 aliphatic carbocycles. The van der Waals surface area contributed by atoms with Gasteiger partial charge in [0.1, 0.15) is 11.8 Å². The minimum absolute atomic E-state index is 0.0416. The highest BCUT2D eigenvalue weighted by Crippen LogP contribution is 2.22. The van der Waals surface area contributed by atoms with E-state index in [9.17, 15) is 22.8 Å². The highest BCUT2D eigenvalue weighted by atomic mass is 19.4. The summed E-state index contributed by atoms with van der Waals surface area (Å²) in [6.07, 6.45) is -4.77. The number of alkyl halides is 3. The first-order chi connectivity index (χ1) is 15.3. The van der Waals surface area contributed by atoms with Crippen LogP contribution in [-0.2, 0) is 11.3 Å². The molecule has 0 spiro atoms. The fraction of sp³-hybridized carbons (Fsp3) is 0.130. The largest absolute Gasteiger partial charge is 0.573 e. The van der Waals surface area contributed by atoms with Crippen molar-refractivity contribution < 1.29 is 27.5 Å². The van der Waals surface area contributed by atoms with Gasteiger partial charge in [-0.2, -0.15) is 0 Å². The molecule has 0 fully saturated rings. The van der Waals surface area contributed by atoms with Crippen LogP contribution in [-0.4, -0.2) is 18.3 Å². The maximum Gasteiger partial charge on any atom is 0.573 e. The minimum atomic E-state index is -4.77. The second-order valence-corrected chi connectivity index (χ2v) is 6.72. The Labute approximate surface area is 182 Å². The molecule has 9 heteroatoms.